The maximum absolute atomic E-state index is 3.71. The first-order valence-electron chi connectivity index (χ1n) is 2.72. The van der Waals surface area contributed by atoms with Crippen LogP contribution in [0.4, 0.5) is 0 Å². The van der Waals surface area contributed by atoms with Crippen molar-refractivity contribution in [3.63, 3.8) is 0 Å². The number of nitrogens with zero attached hydrogens (tertiary/aromatic N) is 2. The van der Waals surface area contributed by atoms with E-state index in [1.165, 1.54) is 0 Å². The van der Waals surface area contributed by atoms with Gasteiger partial charge in [0.15, 0.2) is 0 Å². The lowest BCUT2D eigenvalue weighted by Gasteiger charge is -1.77. The maximum Gasteiger partial charge on any atom is 0.0620 e. The molecule has 0 atom stereocenters. The van der Waals surface area contributed by atoms with Gasteiger partial charge in [-0.05, 0) is 75.9 Å². The number of hydrogen-bond donors (Lipinski definition) is 0. The van der Waals surface area contributed by atoms with Gasteiger partial charge >= 0.3 is 0 Å². The highest BCUT2D eigenvalue weighted by Gasteiger charge is 1.75. The first-order chi connectivity index (χ1) is 5.63. The molecule has 0 amide bonds. The first kappa shape index (κ1) is 12.7. The first-order valence-corrected chi connectivity index (χ1v) is 5.89. The topological polar surface area (TPSA) is 24.7 Å². The Kier molecular flexibility index (Phi) is 8.86. The lowest BCUT2D eigenvalue weighted by Crippen LogP contribution is -1.65. The van der Waals surface area contributed by atoms with Gasteiger partial charge in [-0.25, -0.2) is 0 Å². The third kappa shape index (κ3) is 10.7. The van der Waals surface area contributed by atoms with Crippen LogP contribution in [0, 0.1) is 0 Å². The van der Waals surface area contributed by atoms with E-state index in [1.807, 2.05) is 0 Å². The minimum Gasteiger partial charge on any atom is -0.159 e. The molecule has 66 valence electrons. The number of allylic oxidation sites excluding steroid dienone is 2. The predicted molar refractivity (Wildman–Crippen MR) is 68.9 cm³/mol. The van der Waals surface area contributed by atoms with Crippen molar-refractivity contribution in [1.82, 2.24) is 0 Å². The molecule has 12 heavy (non-hydrogen) atoms. The number of halogens is 4. The minimum atomic E-state index is 0.825. The van der Waals surface area contributed by atoms with Crippen molar-refractivity contribution in [3.05, 3.63) is 18.9 Å². The minimum absolute atomic E-state index is 0.825. The van der Waals surface area contributed by atoms with E-state index in [-0.39, 0.29) is 0 Å². The van der Waals surface area contributed by atoms with Crippen molar-refractivity contribution >= 4 is 76.1 Å². The van der Waals surface area contributed by atoms with Gasteiger partial charge in [-0.1, -0.05) is 0 Å². The van der Waals surface area contributed by atoms with Crippen LogP contribution in [-0.4, -0.2) is 12.4 Å². The summed E-state index contributed by atoms with van der Waals surface area (Å²) in [4.78, 5) is 0. The highest BCUT2D eigenvalue weighted by molar-refractivity contribution is 9.28. The highest BCUT2D eigenvalue weighted by atomic mass is 79.9. The molecule has 0 unspecified atom stereocenters. The van der Waals surface area contributed by atoms with E-state index in [2.05, 4.69) is 73.9 Å². The lowest BCUT2D eigenvalue weighted by atomic mass is 10.7. The Hall–Kier alpha value is 0.740. The second-order valence-corrected chi connectivity index (χ2v) is 6.99. The summed E-state index contributed by atoms with van der Waals surface area (Å²) in [6, 6.07) is 0. The molecule has 0 aromatic carbocycles. The second-order valence-electron chi connectivity index (χ2n) is 1.44. The van der Waals surface area contributed by atoms with Crippen LogP contribution < -0.4 is 0 Å². The lowest BCUT2D eigenvalue weighted by molar-refractivity contribution is 1.27. The summed E-state index contributed by atoms with van der Waals surface area (Å²) < 4.78 is 1.65. The molecule has 0 aromatic heterocycles. The normalized spacial score (nSPS) is 10.7. The average molecular weight is 424 g/mol. The summed E-state index contributed by atoms with van der Waals surface area (Å²) in [5.41, 5.74) is 0. The zero-order valence-electron chi connectivity index (χ0n) is 5.72. The van der Waals surface area contributed by atoms with Crippen LogP contribution in [0.15, 0.2) is 29.1 Å². The molecule has 0 N–H and O–H groups in total. The molecule has 0 bridgehead atoms. The molecule has 6 heteroatoms. The Morgan fingerprint density at radius 1 is 0.750 bits per heavy atom. The summed E-state index contributed by atoms with van der Waals surface area (Å²) in [5.74, 6) is 0. The Morgan fingerprint density at radius 2 is 1.08 bits per heavy atom. The highest BCUT2D eigenvalue weighted by Crippen LogP contribution is 2.11. The van der Waals surface area contributed by atoms with Gasteiger partial charge in [-0.15, -0.1) is 0 Å². The van der Waals surface area contributed by atoms with E-state index >= 15 is 0 Å². The standard InChI is InChI=1S/C6H4Br4N2/c7-5(8)1-3-11-12-4-2-6(9)10/h1-4H. The fraction of sp³-hybridized carbons (Fsp3) is 0. The summed E-state index contributed by atoms with van der Waals surface area (Å²) in [6.07, 6.45) is 6.57. The van der Waals surface area contributed by atoms with Gasteiger partial charge < -0.3 is 0 Å². The molecule has 0 saturated heterocycles. The number of rotatable bonds is 3. The van der Waals surface area contributed by atoms with Crippen LogP contribution in [-0.2, 0) is 0 Å². The van der Waals surface area contributed by atoms with E-state index in [9.17, 15) is 0 Å². The van der Waals surface area contributed by atoms with Gasteiger partial charge in [0.25, 0.3) is 0 Å². The Bertz CT molecular complexity index is 208. The summed E-state index contributed by atoms with van der Waals surface area (Å²) in [6.45, 7) is 0. The summed E-state index contributed by atoms with van der Waals surface area (Å²) in [7, 11) is 0. The third-order valence-electron chi connectivity index (χ3n) is 0.601. The van der Waals surface area contributed by atoms with Gasteiger partial charge in [0.05, 0.1) is 19.2 Å². The van der Waals surface area contributed by atoms with Crippen LogP contribution in [0.1, 0.15) is 0 Å². The SMILES string of the molecule is BrC(Br)=CC=NN=CC=C(Br)Br. The van der Waals surface area contributed by atoms with Crippen LogP contribution in [0.2, 0.25) is 0 Å². The zero-order chi connectivity index (χ0) is 9.40. The quantitative estimate of drug-likeness (QED) is 0.477. The van der Waals surface area contributed by atoms with Gasteiger partial charge in [0.1, 0.15) is 0 Å². The Labute approximate surface area is 104 Å². The van der Waals surface area contributed by atoms with Crippen LogP contribution >= 0.6 is 63.7 Å². The van der Waals surface area contributed by atoms with Crippen molar-refractivity contribution < 1.29 is 0 Å². The molecule has 0 rings (SSSR count). The zero-order valence-corrected chi connectivity index (χ0v) is 12.1. The Balaban J connectivity index is 3.83. The monoisotopic (exact) mass is 420 g/mol. The van der Waals surface area contributed by atoms with Gasteiger partial charge in [-0.2, -0.15) is 10.2 Å². The summed E-state index contributed by atoms with van der Waals surface area (Å²) in [5, 5.41) is 7.41. The average Bonchev–Trinajstić information content (AvgIpc) is 1.95. The van der Waals surface area contributed by atoms with E-state index < -0.39 is 0 Å². The maximum atomic E-state index is 3.71. The van der Waals surface area contributed by atoms with E-state index in [1.54, 1.807) is 24.6 Å². The van der Waals surface area contributed by atoms with Crippen molar-refractivity contribution in [2.75, 3.05) is 0 Å². The fourth-order valence-corrected chi connectivity index (χ4v) is 0.729. The van der Waals surface area contributed by atoms with Crippen molar-refractivity contribution in [3.8, 4) is 0 Å². The van der Waals surface area contributed by atoms with E-state index in [0.29, 0.717) is 0 Å². The molecule has 0 spiro atoms. The largest absolute Gasteiger partial charge is 0.159 e. The molecule has 2 nitrogen and oxygen atoms in total. The van der Waals surface area contributed by atoms with Crippen LogP contribution in [0.25, 0.3) is 0 Å². The molecule has 0 saturated carbocycles. The molecule has 0 aliphatic heterocycles. The smallest absolute Gasteiger partial charge is 0.0620 e. The number of hydrogen-bond acceptors (Lipinski definition) is 2. The summed E-state index contributed by atoms with van der Waals surface area (Å²) >= 11 is 12.7. The molecule has 0 radical (unpaired) electrons. The van der Waals surface area contributed by atoms with E-state index in [0.717, 1.165) is 6.78 Å². The molecular weight excluding hydrogens is 420 g/mol. The second kappa shape index (κ2) is 8.34. The third-order valence-corrected chi connectivity index (χ3v) is 1.66. The van der Waals surface area contributed by atoms with Gasteiger partial charge in [-0.3, -0.25) is 0 Å². The molecule has 0 fully saturated rings. The van der Waals surface area contributed by atoms with Crippen molar-refractivity contribution in [1.29, 1.82) is 0 Å². The molecule has 0 aliphatic rings. The molecular formula is C6H4Br4N2. The molecule has 0 heterocycles. The Morgan fingerprint density at radius 3 is 1.33 bits per heavy atom. The predicted octanol–water partition coefficient (Wildman–Crippen LogP) is 4.31. The van der Waals surface area contributed by atoms with Crippen molar-refractivity contribution in [2.24, 2.45) is 10.2 Å². The fourth-order valence-electron chi connectivity index (χ4n) is 0.256. The molecule has 0 aliphatic carbocycles. The van der Waals surface area contributed by atoms with Crippen LogP contribution in [0.3, 0.4) is 0 Å². The van der Waals surface area contributed by atoms with Crippen LogP contribution in [0.5, 0.6) is 0 Å². The van der Waals surface area contributed by atoms with Gasteiger partial charge in [0.2, 0.25) is 0 Å². The van der Waals surface area contributed by atoms with Gasteiger partial charge in [0, 0.05) is 0 Å². The van der Waals surface area contributed by atoms with Crippen molar-refractivity contribution in [2.45, 2.75) is 0 Å². The van der Waals surface area contributed by atoms with E-state index in [4.69, 9.17) is 0 Å². The molecule has 0 aromatic rings.